The second-order valence-electron chi connectivity index (χ2n) is 8.15. The Morgan fingerprint density at radius 2 is 1.39 bits per heavy atom. The first kappa shape index (κ1) is 27.6. The first-order valence-corrected chi connectivity index (χ1v) is 12.0. The molecule has 10 heteroatoms. The maximum Gasteiger partial charge on any atom is 0.279 e. The smallest absolute Gasteiger partial charge is 0.279 e. The molecule has 0 aromatic heterocycles. The van der Waals surface area contributed by atoms with Crippen molar-refractivity contribution in [3.8, 4) is 0 Å². The van der Waals surface area contributed by atoms with Gasteiger partial charge in [0.05, 0.1) is 17.0 Å². The lowest BCUT2D eigenvalue weighted by atomic mass is 10.1. The molecule has 4 amide bonds. The normalized spacial score (nSPS) is 11.6. The van der Waals surface area contributed by atoms with Crippen LogP contribution in [0.25, 0.3) is 0 Å². The lowest BCUT2D eigenvalue weighted by Crippen LogP contribution is -2.52. The highest BCUT2D eigenvalue weighted by Gasteiger charge is 2.22. The summed E-state index contributed by atoms with van der Waals surface area (Å²) in [7, 11) is 0. The third kappa shape index (κ3) is 8.02. The number of nitrogens with one attached hydrogen (secondary N) is 4. The molecule has 0 spiro atoms. The third-order valence-electron chi connectivity index (χ3n) is 5.40. The van der Waals surface area contributed by atoms with E-state index in [4.69, 9.17) is 4.84 Å². The Balaban J connectivity index is 1.52. The number of hydrogen-bond donors (Lipinski definition) is 4. The molecule has 1 atom stereocenters. The van der Waals surface area contributed by atoms with Gasteiger partial charge in [0, 0.05) is 5.56 Å². The number of carbonyl (C=O) groups is 4. The summed E-state index contributed by atoms with van der Waals surface area (Å²) in [5, 5.41) is 9.24. The van der Waals surface area contributed by atoms with Crippen LogP contribution in [0, 0.1) is 0 Å². The van der Waals surface area contributed by atoms with E-state index in [2.05, 4.69) is 26.6 Å². The molecule has 0 radical (unpaired) electrons. The summed E-state index contributed by atoms with van der Waals surface area (Å²) in [5.74, 6) is -2.18. The molecule has 4 N–H and O–H groups in total. The van der Waals surface area contributed by atoms with Crippen LogP contribution in [0.3, 0.4) is 0 Å². The minimum atomic E-state index is -0.944. The molecule has 3 aromatic rings. The summed E-state index contributed by atoms with van der Waals surface area (Å²) in [5.41, 5.74) is 6.88. The molecule has 0 saturated heterocycles. The van der Waals surface area contributed by atoms with Gasteiger partial charge in [0.15, 0.2) is 6.61 Å². The van der Waals surface area contributed by atoms with E-state index in [-0.39, 0.29) is 17.9 Å². The SMILES string of the molecule is CC[C@@H](NC(=O)c1ccccc1NC(=O)c1ccccc1)C(=O)NNC(=O)CO/N=C(/C)c1ccccc1. The Labute approximate surface area is 220 Å². The van der Waals surface area contributed by atoms with Crippen molar-refractivity contribution in [2.75, 3.05) is 11.9 Å². The average Bonchev–Trinajstić information content (AvgIpc) is 2.95. The summed E-state index contributed by atoms with van der Waals surface area (Å²) in [6.07, 6.45) is 0.253. The second-order valence-corrected chi connectivity index (χ2v) is 8.15. The fourth-order valence-electron chi connectivity index (χ4n) is 3.34. The van der Waals surface area contributed by atoms with E-state index in [0.29, 0.717) is 17.0 Å². The van der Waals surface area contributed by atoms with Crippen molar-refractivity contribution in [1.29, 1.82) is 0 Å². The van der Waals surface area contributed by atoms with Crippen LogP contribution in [0.5, 0.6) is 0 Å². The number of hydrogen-bond acceptors (Lipinski definition) is 6. The molecule has 0 saturated carbocycles. The van der Waals surface area contributed by atoms with Gasteiger partial charge in [-0.05, 0) is 43.2 Å². The first-order valence-electron chi connectivity index (χ1n) is 12.0. The van der Waals surface area contributed by atoms with E-state index in [0.717, 1.165) is 5.56 Å². The Bertz CT molecular complexity index is 1300. The van der Waals surface area contributed by atoms with Crippen molar-refractivity contribution >= 4 is 35.0 Å². The Morgan fingerprint density at radius 3 is 2.05 bits per heavy atom. The Kier molecular flexibility index (Phi) is 10.1. The lowest BCUT2D eigenvalue weighted by molar-refractivity contribution is -0.132. The number of oxime groups is 1. The molecule has 38 heavy (non-hydrogen) atoms. The molecule has 0 aliphatic carbocycles. The number of rotatable bonds is 10. The van der Waals surface area contributed by atoms with E-state index >= 15 is 0 Å². The van der Waals surface area contributed by atoms with Gasteiger partial charge in [-0.1, -0.05) is 72.7 Å². The molecule has 196 valence electrons. The fraction of sp³-hybridized carbons (Fsp3) is 0.179. The summed E-state index contributed by atoms with van der Waals surface area (Å²) in [6.45, 7) is 3.04. The van der Waals surface area contributed by atoms with Gasteiger partial charge in [-0.15, -0.1) is 0 Å². The van der Waals surface area contributed by atoms with Gasteiger partial charge in [0.2, 0.25) is 0 Å². The van der Waals surface area contributed by atoms with Crippen LogP contribution in [0.15, 0.2) is 90.1 Å². The second kappa shape index (κ2) is 13.9. The molecule has 0 aliphatic rings. The van der Waals surface area contributed by atoms with Gasteiger partial charge in [-0.2, -0.15) is 0 Å². The third-order valence-corrected chi connectivity index (χ3v) is 5.40. The minimum Gasteiger partial charge on any atom is -0.385 e. The maximum atomic E-state index is 13.0. The summed E-state index contributed by atoms with van der Waals surface area (Å²) in [4.78, 5) is 55.2. The van der Waals surface area contributed by atoms with Gasteiger partial charge >= 0.3 is 0 Å². The van der Waals surface area contributed by atoms with Crippen LogP contribution in [0.1, 0.15) is 46.5 Å². The van der Waals surface area contributed by atoms with E-state index < -0.39 is 30.4 Å². The van der Waals surface area contributed by atoms with Gasteiger partial charge in [-0.3, -0.25) is 30.0 Å². The number of anilines is 1. The zero-order chi connectivity index (χ0) is 27.3. The zero-order valence-electron chi connectivity index (χ0n) is 21.1. The van der Waals surface area contributed by atoms with Gasteiger partial charge in [0.25, 0.3) is 23.6 Å². The zero-order valence-corrected chi connectivity index (χ0v) is 21.1. The quantitative estimate of drug-likeness (QED) is 0.243. The number of hydrazine groups is 1. The maximum absolute atomic E-state index is 13.0. The summed E-state index contributed by atoms with van der Waals surface area (Å²) < 4.78 is 0. The van der Waals surface area contributed by atoms with Crippen LogP contribution in [0.4, 0.5) is 5.69 Å². The van der Waals surface area contributed by atoms with Gasteiger partial charge in [-0.25, -0.2) is 0 Å². The lowest BCUT2D eigenvalue weighted by Gasteiger charge is -2.18. The van der Waals surface area contributed by atoms with Crippen molar-refractivity contribution in [2.24, 2.45) is 5.16 Å². The molecule has 0 unspecified atom stereocenters. The van der Waals surface area contributed by atoms with E-state index in [1.807, 2.05) is 30.3 Å². The Morgan fingerprint density at radius 1 is 0.789 bits per heavy atom. The molecule has 3 rings (SSSR count). The van der Waals surface area contributed by atoms with Crippen molar-refractivity contribution in [1.82, 2.24) is 16.2 Å². The number of carbonyl (C=O) groups excluding carboxylic acids is 4. The molecular formula is C28H29N5O5. The molecule has 0 fully saturated rings. The topological polar surface area (TPSA) is 138 Å². The van der Waals surface area contributed by atoms with Gasteiger partial charge < -0.3 is 15.5 Å². The highest BCUT2D eigenvalue weighted by atomic mass is 16.6. The summed E-state index contributed by atoms with van der Waals surface area (Å²) >= 11 is 0. The number of nitrogens with zero attached hydrogens (tertiary/aromatic N) is 1. The molecule has 0 heterocycles. The van der Waals surface area contributed by atoms with E-state index in [9.17, 15) is 19.2 Å². The van der Waals surface area contributed by atoms with Crippen LogP contribution in [0.2, 0.25) is 0 Å². The van der Waals surface area contributed by atoms with Crippen molar-refractivity contribution in [2.45, 2.75) is 26.3 Å². The van der Waals surface area contributed by atoms with Crippen LogP contribution in [-0.4, -0.2) is 42.0 Å². The largest absolute Gasteiger partial charge is 0.385 e. The predicted molar refractivity (Wildman–Crippen MR) is 143 cm³/mol. The van der Waals surface area contributed by atoms with Gasteiger partial charge in [0.1, 0.15) is 6.04 Å². The first-order chi connectivity index (χ1) is 18.4. The van der Waals surface area contributed by atoms with Crippen molar-refractivity contribution in [3.05, 3.63) is 102 Å². The number of amides is 4. The van der Waals surface area contributed by atoms with Crippen molar-refractivity contribution in [3.63, 3.8) is 0 Å². The summed E-state index contributed by atoms with van der Waals surface area (Å²) in [6, 6.07) is 23.4. The van der Waals surface area contributed by atoms with Crippen LogP contribution in [-0.2, 0) is 14.4 Å². The van der Waals surface area contributed by atoms with E-state index in [1.54, 1.807) is 62.4 Å². The molecule has 3 aromatic carbocycles. The number of benzene rings is 3. The van der Waals surface area contributed by atoms with E-state index in [1.165, 1.54) is 6.07 Å². The predicted octanol–water partition coefficient (Wildman–Crippen LogP) is 3.04. The van der Waals surface area contributed by atoms with Crippen LogP contribution >= 0.6 is 0 Å². The highest BCUT2D eigenvalue weighted by Crippen LogP contribution is 2.17. The molecule has 0 bridgehead atoms. The number of para-hydroxylation sites is 1. The monoisotopic (exact) mass is 515 g/mol. The highest BCUT2D eigenvalue weighted by molar-refractivity contribution is 6.09. The standard InChI is InChI=1S/C28H29N5O5/c1-3-23(28(37)32-31-25(34)18-38-33-19(2)20-12-6-4-7-13-20)29-27(36)22-16-10-11-17-24(22)30-26(35)21-14-8-5-9-15-21/h4-17,23H,3,18H2,1-2H3,(H,29,36)(H,30,35)(H,31,34)(H,32,37)/b33-19-/t23-/m1/s1. The van der Waals surface area contributed by atoms with Crippen LogP contribution < -0.4 is 21.5 Å². The average molecular weight is 516 g/mol. The molecule has 10 nitrogen and oxygen atoms in total. The Hall–Kier alpha value is -4.99. The molecular weight excluding hydrogens is 486 g/mol. The minimum absolute atomic E-state index is 0.187. The molecule has 0 aliphatic heterocycles. The fourth-order valence-corrected chi connectivity index (χ4v) is 3.34. The van der Waals surface area contributed by atoms with Crippen molar-refractivity contribution < 1.29 is 24.0 Å².